The first-order valence-electron chi connectivity index (χ1n) is 11.9. The molecule has 0 aliphatic heterocycles. The van der Waals surface area contributed by atoms with E-state index in [-0.39, 0.29) is 0 Å². The fourth-order valence-corrected chi connectivity index (χ4v) is 4.12. The lowest BCUT2D eigenvalue weighted by molar-refractivity contribution is -0.558. The van der Waals surface area contributed by atoms with Crippen molar-refractivity contribution in [3.63, 3.8) is 0 Å². The van der Waals surface area contributed by atoms with Crippen molar-refractivity contribution in [1.29, 1.82) is 0 Å². The van der Waals surface area contributed by atoms with E-state index in [1.54, 1.807) is 0 Å². The number of ether oxygens (including phenoxy) is 2. The van der Waals surface area contributed by atoms with Crippen LogP contribution in [0.3, 0.4) is 0 Å². The van der Waals surface area contributed by atoms with Crippen LogP contribution in [-0.4, -0.2) is 80.7 Å². The predicted molar refractivity (Wildman–Crippen MR) is 111 cm³/mol. The Morgan fingerprint density at radius 2 is 0.880 bits per heavy atom. The summed E-state index contributed by atoms with van der Waals surface area (Å²) in [6, 6.07) is 5.00. The van der Waals surface area contributed by atoms with Crippen molar-refractivity contribution >= 4 is 10.1 Å². The molecule has 0 fully saturated rings. The second kappa shape index (κ2) is 13.1. The highest BCUT2D eigenvalue weighted by Gasteiger charge is 2.89. The van der Waals surface area contributed by atoms with Gasteiger partial charge in [-0.15, -0.1) is 0 Å². The van der Waals surface area contributed by atoms with Crippen molar-refractivity contribution in [3.8, 4) is 0 Å². The van der Waals surface area contributed by atoms with Gasteiger partial charge in [0, 0.05) is 6.42 Å². The highest BCUT2D eigenvalue weighted by molar-refractivity contribution is 7.86. The Morgan fingerprint density at radius 1 is 0.520 bits per heavy atom. The molecule has 0 amide bonds. The molecule has 1 aromatic rings. The van der Waals surface area contributed by atoms with Gasteiger partial charge in [-0.3, -0.25) is 4.18 Å². The van der Waals surface area contributed by atoms with Gasteiger partial charge in [0.1, 0.15) is 0 Å². The van der Waals surface area contributed by atoms with Crippen LogP contribution in [0.2, 0.25) is 0 Å². The largest absolute Gasteiger partial charge is 0.460 e. The fourth-order valence-electron chi connectivity index (χ4n) is 2.99. The van der Waals surface area contributed by atoms with Gasteiger partial charge in [-0.05, 0) is 25.5 Å². The van der Waals surface area contributed by atoms with Gasteiger partial charge in [0.25, 0.3) is 10.1 Å². The van der Waals surface area contributed by atoms with Crippen LogP contribution in [0, 0.1) is 0 Å². The van der Waals surface area contributed by atoms with E-state index in [2.05, 4.69) is 4.18 Å². The Balaban J connectivity index is 3.35. The van der Waals surface area contributed by atoms with Crippen LogP contribution in [0.25, 0.3) is 0 Å². The molecular formula is C21H13F23O5S. The zero-order valence-electron chi connectivity index (χ0n) is 23.0. The van der Waals surface area contributed by atoms with Crippen LogP contribution in [0.15, 0.2) is 35.2 Å². The molecule has 0 N–H and O–H groups in total. The molecule has 0 bridgehead atoms. The number of halogens is 23. The van der Waals surface area contributed by atoms with Gasteiger partial charge in [0.2, 0.25) is 0 Å². The van der Waals surface area contributed by atoms with Crippen molar-refractivity contribution in [2.24, 2.45) is 0 Å². The minimum absolute atomic E-state index is 0.470. The third-order valence-electron chi connectivity index (χ3n) is 5.77. The third-order valence-corrected chi connectivity index (χ3v) is 7.20. The van der Waals surface area contributed by atoms with Crippen LogP contribution >= 0.6 is 0 Å². The Bertz CT molecular complexity index is 1430. The van der Waals surface area contributed by atoms with Crippen LogP contribution in [0.5, 0.6) is 0 Å². The first-order chi connectivity index (χ1) is 21.6. The molecule has 1 unspecified atom stereocenters. The maximum absolute atomic E-state index is 14.1. The maximum Gasteiger partial charge on any atom is 0.460 e. The summed E-state index contributed by atoms with van der Waals surface area (Å²) in [5.41, 5.74) is 0. The van der Waals surface area contributed by atoms with Crippen LogP contribution in [0.1, 0.15) is 19.8 Å². The van der Waals surface area contributed by atoms with Crippen molar-refractivity contribution < 1.29 is 123 Å². The Kier molecular flexibility index (Phi) is 11.9. The molecule has 1 atom stereocenters. The second-order valence-electron chi connectivity index (χ2n) is 9.56. The molecule has 0 aromatic heterocycles. The van der Waals surface area contributed by atoms with E-state index in [0.717, 1.165) is 33.7 Å². The summed E-state index contributed by atoms with van der Waals surface area (Å²) in [6.45, 7) is 0.470. The van der Waals surface area contributed by atoms with Gasteiger partial charge in [-0.1, -0.05) is 18.2 Å². The molecule has 0 radical (unpaired) electrons. The molecule has 1 aromatic carbocycles. The van der Waals surface area contributed by atoms with Crippen molar-refractivity contribution in [3.05, 3.63) is 30.3 Å². The van der Waals surface area contributed by atoms with Gasteiger partial charge in [0.05, 0.1) is 11.0 Å². The number of hydrogen-bond acceptors (Lipinski definition) is 5. The van der Waals surface area contributed by atoms with Crippen molar-refractivity contribution in [1.82, 2.24) is 0 Å². The standard InChI is InChI=1S/C21H13F23O5S/c1-9(47-50(45,46)10-5-3-2-4-6-10)7-8-11(22,23)12(24,25)13(26,27)15(30,31)18(37,38)48-20(41,42)21(43,44)49-19(39,40)16(32,33)14(28,29)17(34,35)36/h2-6,9H,7-8H2,1H3. The van der Waals surface area contributed by atoms with Crippen molar-refractivity contribution in [2.75, 3.05) is 0 Å². The Labute approximate surface area is 261 Å². The fraction of sp³-hybridized carbons (Fsp3) is 0.714. The summed E-state index contributed by atoms with van der Waals surface area (Å²) in [5, 5.41) is 0. The lowest BCUT2D eigenvalue weighted by Crippen LogP contribution is -2.69. The Hall–Kier alpha value is -2.56. The maximum atomic E-state index is 14.1. The Morgan fingerprint density at radius 3 is 1.24 bits per heavy atom. The number of rotatable bonds is 17. The van der Waals surface area contributed by atoms with Gasteiger partial charge >= 0.3 is 66.1 Å². The second-order valence-corrected chi connectivity index (χ2v) is 11.1. The van der Waals surface area contributed by atoms with Crippen LogP contribution in [-0.2, 0) is 23.8 Å². The first kappa shape index (κ1) is 45.5. The summed E-state index contributed by atoms with van der Waals surface area (Å²) in [7, 11) is -4.93. The predicted octanol–water partition coefficient (Wildman–Crippen LogP) is 9.34. The average molecular weight is 814 g/mol. The summed E-state index contributed by atoms with van der Waals surface area (Å²) in [5.74, 6) is -48.4. The highest BCUT2D eigenvalue weighted by Crippen LogP contribution is 2.60. The molecule has 0 heterocycles. The molecule has 0 saturated heterocycles. The lowest BCUT2D eigenvalue weighted by Gasteiger charge is -2.40. The summed E-state index contributed by atoms with van der Waals surface area (Å²) in [4.78, 5) is -0.721. The number of benzene rings is 1. The lowest BCUT2D eigenvalue weighted by atomic mass is 9.94. The van der Waals surface area contributed by atoms with E-state index < -0.39 is 100 Å². The monoisotopic (exact) mass is 814 g/mol. The molecular weight excluding hydrogens is 801 g/mol. The van der Waals surface area contributed by atoms with E-state index in [9.17, 15) is 109 Å². The zero-order chi connectivity index (χ0) is 40.2. The number of hydrogen-bond donors (Lipinski definition) is 0. The third kappa shape index (κ3) is 7.92. The van der Waals surface area contributed by atoms with E-state index >= 15 is 0 Å². The van der Waals surface area contributed by atoms with Gasteiger partial charge in [-0.2, -0.15) is 109 Å². The van der Waals surface area contributed by atoms with Crippen LogP contribution in [0.4, 0.5) is 101 Å². The van der Waals surface area contributed by atoms with Crippen molar-refractivity contribution in [2.45, 2.75) is 96.9 Å². The average Bonchev–Trinajstić information content (AvgIpc) is 2.89. The quantitative estimate of drug-likeness (QED) is 0.116. The molecule has 50 heavy (non-hydrogen) atoms. The van der Waals surface area contributed by atoms with E-state index in [1.807, 2.05) is 0 Å². The molecule has 0 saturated carbocycles. The molecule has 294 valence electrons. The highest BCUT2D eigenvalue weighted by atomic mass is 32.2. The topological polar surface area (TPSA) is 61.8 Å². The molecule has 0 aliphatic rings. The SMILES string of the molecule is CC(CCC(F)(F)C(F)(F)C(F)(F)C(F)(F)C(F)(F)OC(F)(F)C(F)(F)OC(F)(F)C(F)(F)C(F)(F)C(F)(F)F)OS(=O)(=O)c1ccccc1. The summed E-state index contributed by atoms with van der Waals surface area (Å²) >= 11 is 0. The van der Waals surface area contributed by atoms with E-state index in [4.69, 9.17) is 0 Å². The molecule has 29 heteroatoms. The molecule has 0 spiro atoms. The normalized spacial score (nSPS) is 16.5. The zero-order valence-corrected chi connectivity index (χ0v) is 23.8. The summed E-state index contributed by atoms with van der Waals surface area (Å²) in [6.07, 6.45) is -48.2. The molecule has 1 rings (SSSR count). The van der Waals surface area contributed by atoms with E-state index in [1.165, 1.54) is 6.07 Å². The molecule has 0 aliphatic carbocycles. The van der Waals surface area contributed by atoms with Gasteiger partial charge < -0.3 is 0 Å². The van der Waals surface area contributed by atoms with E-state index in [0.29, 0.717) is 6.92 Å². The smallest absolute Gasteiger partial charge is 0.263 e. The van der Waals surface area contributed by atoms with Gasteiger partial charge in [0.15, 0.2) is 0 Å². The summed E-state index contributed by atoms with van der Waals surface area (Å²) < 4.78 is 338. The minimum atomic E-state index is -8.62. The first-order valence-corrected chi connectivity index (χ1v) is 13.3. The molecule has 5 nitrogen and oxygen atoms in total. The number of alkyl halides is 23. The van der Waals surface area contributed by atoms with Crippen LogP contribution < -0.4 is 0 Å². The van der Waals surface area contributed by atoms with Gasteiger partial charge in [-0.25, -0.2) is 9.47 Å². The minimum Gasteiger partial charge on any atom is -0.263 e.